The predicted molar refractivity (Wildman–Crippen MR) is 216 cm³/mol. The molecule has 1 unspecified atom stereocenters. The monoisotopic (exact) mass is 820 g/mol. The first-order valence-corrected chi connectivity index (χ1v) is 21.3. The van der Waals surface area contributed by atoms with Crippen molar-refractivity contribution in [3.8, 4) is 0 Å². The zero-order chi connectivity index (χ0) is 43.4. The van der Waals surface area contributed by atoms with Crippen LogP contribution in [0.5, 0.6) is 0 Å². The third-order valence-electron chi connectivity index (χ3n) is 13.2. The van der Waals surface area contributed by atoms with Crippen molar-refractivity contribution in [3.63, 3.8) is 0 Å². The lowest BCUT2D eigenvalue weighted by atomic mass is 9.75. The Labute approximate surface area is 342 Å². The van der Waals surface area contributed by atoms with Gasteiger partial charge in [-0.05, 0) is 100 Å². The van der Waals surface area contributed by atoms with Crippen molar-refractivity contribution in [2.75, 3.05) is 40.8 Å². The molecule has 0 amide bonds. The van der Waals surface area contributed by atoms with Crippen molar-refractivity contribution < 1.29 is 58.7 Å². The maximum atomic E-state index is 14.3. The third-order valence-corrected chi connectivity index (χ3v) is 13.2. The van der Waals surface area contributed by atoms with Crippen LogP contribution in [-0.2, 0) is 33.2 Å². The van der Waals surface area contributed by atoms with Gasteiger partial charge in [0.2, 0.25) is 0 Å². The SMILES string of the molecule is CC[C@@H]1OC(=O)[C@H](C)[C@H](OC2C[C@@](C)(OC)[C@](O)(CNCC(C)C)[C@H](C)O2)[C@@H](C)[C@@H](O[C@@H]2O[C@H](C)C[C@H](N(C)C)[C@H]2O)[C@](C)(O)C[C@@H](C)NC[C@@H](C)[C@H](O)[C@]1(C)O. The van der Waals surface area contributed by atoms with E-state index in [0.29, 0.717) is 25.4 Å². The molecule has 0 aliphatic carbocycles. The van der Waals surface area contributed by atoms with Gasteiger partial charge in [-0.15, -0.1) is 0 Å². The van der Waals surface area contributed by atoms with E-state index in [9.17, 15) is 30.3 Å². The highest BCUT2D eigenvalue weighted by Crippen LogP contribution is 2.43. The first-order chi connectivity index (χ1) is 26.3. The summed E-state index contributed by atoms with van der Waals surface area (Å²) in [7, 11) is 5.31. The van der Waals surface area contributed by atoms with E-state index in [1.54, 1.807) is 34.6 Å². The molecule has 3 heterocycles. The van der Waals surface area contributed by atoms with Crippen LogP contribution in [0.3, 0.4) is 0 Å². The number of esters is 1. The summed E-state index contributed by atoms with van der Waals surface area (Å²) in [5.41, 5.74) is -5.99. The molecule has 15 heteroatoms. The molecule has 0 bridgehead atoms. The zero-order valence-corrected chi connectivity index (χ0v) is 37.7. The minimum Gasteiger partial charge on any atom is -0.459 e. The van der Waals surface area contributed by atoms with E-state index in [1.165, 1.54) is 14.0 Å². The largest absolute Gasteiger partial charge is 0.459 e. The third kappa shape index (κ3) is 11.7. The zero-order valence-electron chi connectivity index (χ0n) is 37.7. The normalized spacial score (nSPS) is 47.4. The molecule has 0 radical (unpaired) electrons. The number of nitrogens with one attached hydrogen (secondary N) is 2. The van der Waals surface area contributed by atoms with Gasteiger partial charge in [-0.25, -0.2) is 0 Å². The van der Waals surface area contributed by atoms with Crippen molar-refractivity contribution in [3.05, 3.63) is 0 Å². The Hall–Kier alpha value is -1.05. The summed E-state index contributed by atoms with van der Waals surface area (Å²) in [5, 5.41) is 66.1. The van der Waals surface area contributed by atoms with E-state index in [2.05, 4.69) is 24.5 Å². The first kappa shape index (κ1) is 50.3. The molecule has 3 aliphatic rings. The van der Waals surface area contributed by atoms with Gasteiger partial charge in [0.15, 0.2) is 12.6 Å². The summed E-state index contributed by atoms with van der Waals surface area (Å²) in [6.45, 7) is 22.9. The molecule has 7 N–H and O–H groups in total. The standard InChI is InChI=1S/C42H81N3O12/c1-16-31-41(12,50)35(47)24(4)21-44-25(5)18-39(10,49)36(57-38-33(46)30(45(13)14)17-26(6)53-38)27(7)34(28(8)37(48)55-31)56-32-19-40(11,52-15)42(51,29(9)54-32)22-43-20-23(2)3/h23-36,38,43-44,46-47,49-51H,16-22H2,1-15H3/t24-,25-,26-,27-,28-,29+,30+,31+,32?,33-,34-,35+,36-,38+,39-,40-,41-,42+/m1/s1. The fourth-order valence-corrected chi connectivity index (χ4v) is 9.29. The second kappa shape index (κ2) is 20.2. The average molecular weight is 820 g/mol. The molecule has 15 nitrogen and oxygen atoms in total. The summed E-state index contributed by atoms with van der Waals surface area (Å²) in [5.74, 6) is -2.61. The molecule has 0 aromatic heterocycles. The maximum Gasteiger partial charge on any atom is 0.311 e. The molecule has 3 saturated heterocycles. The number of likely N-dealkylation sites (N-methyl/N-ethyl adjacent to an activating group) is 1. The molecule has 336 valence electrons. The number of methoxy groups -OCH3 is 1. The van der Waals surface area contributed by atoms with Gasteiger partial charge in [0.1, 0.15) is 29.0 Å². The highest BCUT2D eigenvalue weighted by molar-refractivity contribution is 5.73. The van der Waals surface area contributed by atoms with Crippen molar-refractivity contribution in [2.24, 2.45) is 23.7 Å². The lowest BCUT2D eigenvalue weighted by Crippen LogP contribution is -2.70. The van der Waals surface area contributed by atoms with Gasteiger partial charge < -0.3 is 69.5 Å². The summed E-state index contributed by atoms with van der Waals surface area (Å²) in [6.07, 6.45) is -7.64. The Morgan fingerprint density at radius 2 is 1.61 bits per heavy atom. The smallest absolute Gasteiger partial charge is 0.311 e. The van der Waals surface area contributed by atoms with Crippen LogP contribution in [0.4, 0.5) is 0 Å². The van der Waals surface area contributed by atoms with E-state index in [4.69, 9.17) is 28.4 Å². The van der Waals surface area contributed by atoms with E-state index in [0.717, 1.165) is 0 Å². The van der Waals surface area contributed by atoms with E-state index in [1.807, 2.05) is 46.7 Å². The Balaban J connectivity index is 2.15. The molecular weight excluding hydrogens is 738 g/mol. The van der Waals surface area contributed by atoms with Gasteiger partial charge in [-0.1, -0.05) is 34.6 Å². The van der Waals surface area contributed by atoms with E-state index < -0.39 is 95.3 Å². The van der Waals surface area contributed by atoms with E-state index in [-0.39, 0.29) is 44.0 Å². The molecule has 0 aromatic carbocycles. The summed E-state index contributed by atoms with van der Waals surface area (Å²) >= 11 is 0. The van der Waals surface area contributed by atoms with Crippen LogP contribution in [0.2, 0.25) is 0 Å². The number of carbonyl (C=O) groups excluding carboxylic acids is 1. The number of nitrogens with zero attached hydrogens (tertiary/aromatic N) is 1. The summed E-state index contributed by atoms with van der Waals surface area (Å²) < 4.78 is 38.4. The maximum absolute atomic E-state index is 14.3. The van der Waals surface area contributed by atoms with Crippen LogP contribution in [0.15, 0.2) is 0 Å². The molecule has 57 heavy (non-hydrogen) atoms. The van der Waals surface area contributed by atoms with Crippen LogP contribution >= 0.6 is 0 Å². The molecule has 3 rings (SSSR count). The number of hydrogen-bond acceptors (Lipinski definition) is 15. The molecule has 0 saturated carbocycles. The van der Waals surface area contributed by atoms with Crippen molar-refractivity contribution in [1.82, 2.24) is 15.5 Å². The number of hydrogen-bond donors (Lipinski definition) is 7. The molecular formula is C42H81N3O12. The van der Waals surface area contributed by atoms with Crippen molar-refractivity contribution >= 4 is 5.97 Å². The van der Waals surface area contributed by atoms with Gasteiger partial charge in [-0.3, -0.25) is 4.79 Å². The number of rotatable bonds is 11. The van der Waals surface area contributed by atoms with Crippen LogP contribution in [0.25, 0.3) is 0 Å². The van der Waals surface area contributed by atoms with Crippen molar-refractivity contribution in [1.29, 1.82) is 0 Å². The van der Waals surface area contributed by atoms with Crippen LogP contribution < -0.4 is 10.6 Å². The van der Waals surface area contributed by atoms with E-state index >= 15 is 0 Å². The summed E-state index contributed by atoms with van der Waals surface area (Å²) in [6, 6.07) is -0.593. The van der Waals surface area contributed by atoms with Crippen LogP contribution in [0.1, 0.15) is 109 Å². The van der Waals surface area contributed by atoms with Gasteiger partial charge in [0.05, 0.1) is 42.0 Å². The Bertz CT molecular complexity index is 1260. The molecule has 3 fully saturated rings. The molecule has 3 aliphatic heterocycles. The minimum absolute atomic E-state index is 0.0877. The second-order valence-corrected chi connectivity index (χ2v) is 19.0. The fraction of sp³-hybridized carbons (Fsp3) is 0.976. The number of aliphatic hydroxyl groups is 5. The quantitative estimate of drug-likeness (QED) is 0.150. The fourth-order valence-electron chi connectivity index (χ4n) is 9.29. The van der Waals surface area contributed by atoms with Gasteiger partial charge in [0, 0.05) is 44.6 Å². The van der Waals surface area contributed by atoms with Gasteiger partial charge in [0.25, 0.3) is 0 Å². The highest BCUT2D eigenvalue weighted by Gasteiger charge is 2.58. The Morgan fingerprint density at radius 3 is 2.18 bits per heavy atom. The predicted octanol–water partition coefficient (Wildman–Crippen LogP) is 2.17. The highest BCUT2D eigenvalue weighted by atomic mass is 16.7. The van der Waals surface area contributed by atoms with Crippen molar-refractivity contribution in [2.45, 2.75) is 199 Å². The first-order valence-electron chi connectivity index (χ1n) is 21.3. The molecule has 0 aromatic rings. The Morgan fingerprint density at radius 1 is 0.982 bits per heavy atom. The van der Waals surface area contributed by atoms with Crippen LogP contribution in [0, 0.1) is 23.7 Å². The van der Waals surface area contributed by atoms with Crippen LogP contribution in [-0.4, -0.2) is 167 Å². The number of ether oxygens (including phenoxy) is 6. The van der Waals surface area contributed by atoms with Gasteiger partial charge >= 0.3 is 5.97 Å². The molecule has 0 spiro atoms. The lowest BCUT2D eigenvalue weighted by Gasteiger charge is -2.53. The average Bonchev–Trinajstić information content (AvgIpc) is 3.12. The van der Waals surface area contributed by atoms with Gasteiger partial charge in [-0.2, -0.15) is 0 Å². The lowest BCUT2D eigenvalue weighted by molar-refractivity contribution is -0.336. The number of carbonyl (C=O) groups is 1. The topological polar surface area (TPSA) is 201 Å². The minimum atomic E-state index is -1.79. The Kier molecular flexibility index (Phi) is 17.8. The number of cyclic esters (lactones) is 1. The summed E-state index contributed by atoms with van der Waals surface area (Å²) in [4.78, 5) is 16.3. The second-order valence-electron chi connectivity index (χ2n) is 19.0. The molecule has 18 atom stereocenters. The number of aliphatic hydroxyl groups excluding tert-OH is 2.